The van der Waals surface area contributed by atoms with E-state index < -0.39 is 0 Å². The molecule has 4 heteroatoms. The van der Waals surface area contributed by atoms with Gasteiger partial charge in [0.25, 0.3) is 5.91 Å². The van der Waals surface area contributed by atoms with Gasteiger partial charge in [0, 0.05) is 31.0 Å². The van der Waals surface area contributed by atoms with E-state index in [9.17, 15) is 4.79 Å². The van der Waals surface area contributed by atoms with Crippen LogP contribution in [0.3, 0.4) is 0 Å². The van der Waals surface area contributed by atoms with Gasteiger partial charge in [-0.1, -0.05) is 42.5 Å². The van der Waals surface area contributed by atoms with E-state index in [0.717, 1.165) is 33.9 Å². The van der Waals surface area contributed by atoms with Crippen molar-refractivity contribution in [2.75, 3.05) is 31.0 Å². The Kier molecular flexibility index (Phi) is 5.40. The Hall–Kier alpha value is -3.79. The molecule has 0 N–H and O–H groups in total. The fourth-order valence-corrected chi connectivity index (χ4v) is 3.47. The summed E-state index contributed by atoms with van der Waals surface area (Å²) in [7, 11) is 5.64. The zero-order chi connectivity index (χ0) is 21.1. The average molecular weight is 396 g/mol. The molecule has 150 valence electrons. The van der Waals surface area contributed by atoms with Crippen molar-refractivity contribution in [3.05, 3.63) is 102 Å². The lowest BCUT2D eigenvalue weighted by molar-refractivity contribution is -0.113. The fraction of sp³-hybridized carbons (Fsp3) is 0.115. The number of hydrogen-bond acceptors (Lipinski definition) is 3. The second-order valence-electron chi connectivity index (χ2n) is 7.32. The lowest BCUT2D eigenvalue weighted by Gasteiger charge is -2.22. The molecule has 1 heterocycles. The fourth-order valence-electron chi connectivity index (χ4n) is 3.47. The van der Waals surface area contributed by atoms with Crippen molar-refractivity contribution < 1.29 is 9.53 Å². The van der Waals surface area contributed by atoms with Gasteiger partial charge in [-0.15, -0.1) is 0 Å². The van der Waals surface area contributed by atoms with Crippen molar-refractivity contribution in [3.8, 4) is 5.75 Å². The molecule has 0 unspecified atom stereocenters. The van der Waals surface area contributed by atoms with Crippen molar-refractivity contribution in [3.63, 3.8) is 0 Å². The third-order valence-corrected chi connectivity index (χ3v) is 5.11. The maximum absolute atomic E-state index is 13.4. The molecule has 1 aliphatic heterocycles. The van der Waals surface area contributed by atoms with Crippen LogP contribution in [0.25, 0.3) is 11.8 Å². The van der Waals surface area contributed by atoms with Gasteiger partial charge in [0.1, 0.15) is 5.75 Å². The van der Waals surface area contributed by atoms with Crippen LogP contribution in [0.2, 0.25) is 0 Å². The van der Waals surface area contributed by atoms with Gasteiger partial charge in [0.15, 0.2) is 0 Å². The number of nitrogens with zero attached hydrogens (tertiary/aromatic N) is 2. The topological polar surface area (TPSA) is 32.8 Å². The first-order valence-corrected chi connectivity index (χ1v) is 9.81. The van der Waals surface area contributed by atoms with Gasteiger partial charge in [-0.3, -0.25) is 9.69 Å². The number of benzene rings is 3. The minimum atomic E-state index is -0.0396. The molecule has 30 heavy (non-hydrogen) atoms. The molecule has 0 saturated heterocycles. The van der Waals surface area contributed by atoms with Crippen LogP contribution >= 0.6 is 0 Å². The van der Waals surface area contributed by atoms with Crippen molar-refractivity contribution in [1.29, 1.82) is 0 Å². The highest BCUT2D eigenvalue weighted by Gasteiger charge is 2.30. The van der Waals surface area contributed by atoms with Crippen LogP contribution in [-0.4, -0.2) is 27.1 Å². The first-order chi connectivity index (χ1) is 14.6. The molecule has 0 radical (unpaired) electrons. The van der Waals surface area contributed by atoms with Crippen molar-refractivity contribution in [2.45, 2.75) is 0 Å². The highest BCUT2D eigenvalue weighted by Crippen LogP contribution is 2.35. The number of carbonyl (C=O) groups is 1. The van der Waals surface area contributed by atoms with Crippen LogP contribution < -0.4 is 14.5 Å². The molecule has 4 rings (SSSR count). The number of anilines is 2. The Morgan fingerprint density at radius 2 is 1.53 bits per heavy atom. The highest BCUT2D eigenvalue weighted by molar-refractivity contribution is 6.23. The van der Waals surface area contributed by atoms with Gasteiger partial charge >= 0.3 is 0 Å². The van der Waals surface area contributed by atoms with Gasteiger partial charge in [-0.2, -0.15) is 0 Å². The summed E-state index contributed by atoms with van der Waals surface area (Å²) < 4.78 is 5.23. The molecule has 4 nitrogen and oxygen atoms in total. The van der Waals surface area contributed by atoms with E-state index in [1.54, 1.807) is 12.0 Å². The minimum Gasteiger partial charge on any atom is -0.497 e. The predicted molar refractivity (Wildman–Crippen MR) is 124 cm³/mol. The van der Waals surface area contributed by atoms with Crippen LogP contribution in [0, 0.1) is 0 Å². The SMILES string of the molecule is COc1ccc(/C=C2\C=C(c3ccccc3)N(c3ccc(N(C)C)cc3)C2=O)cc1. The third-order valence-electron chi connectivity index (χ3n) is 5.11. The zero-order valence-electron chi connectivity index (χ0n) is 17.4. The molecule has 0 saturated carbocycles. The van der Waals surface area contributed by atoms with Crippen LogP contribution in [0.1, 0.15) is 11.1 Å². The molecule has 0 bridgehead atoms. The molecule has 1 aliphatic rings. The van der Waals surface area contributed by atoms with Gasteiger partial charge in [0.2, 0.25) is 0 Å². The largest absolute Gasteiger partial charge is 0.497 e. The summed E-state index contributed by atoms with van der Waals surface area (Å²) in [5.41, 5.74) is 5.41. The highest BCUT2D eigenvalue weighted by atomic mass is 16.5. The summed E-state index contributed by atoms with van der Waals surface area (Å²) in [5, 5.41) is 0. The maximum atomic E-state index is 13.4. The number of hydrogen-bond donors (Lipinski definition) is 0. The van der Waals surface area contributed by atoms with Crippen molar-refractivity contribution in [1.82, 2.24) is 0 Å². The van der Waals surface area contributed by atoms with E-state index in [1.807, 2.05) is 110 Å². The lowest BCUT2D eigenvalue weighted by atomic mass is 10.1. The van der Waals surface area contributed by atoms with Crippen molar-refractivity contribution >= 4 is 29.1 Å². The van der Waals surface area contributed by atoms with E-state index in [-0.39, 0.29) is 5.91 Å². The Morgan fingerprint density at radius 3 is 2.13 bits per heavy atom. The molecular weight excluding hydrogens is 372 g/mol. The Bertz CT molecular complexity index is 1100. The summed E-state index contributed by atoms with van der Waals surface area (Å²) in [6.45, 7) is 0. The number of ether oxygens (including phenoxy) is 1. The van der Waals surface area contributed by atoms with E-state index in [0.29, 0.717) is 5.57 Å². The van der Waals surface area contributed by atoms with Gasteiger partial charge in [-0.25, -0.2) is 0 Å². The minimum absolute atomic E-state index is 0.0396. The molecule has 0 aliphatic carbocycles. The first kappa shape index (κ1) is 19.5. The van der Waals surface area contributed by atoms with Crippen LogP contribution in [-0.2, 0) is 4.79 Å². The summed E-state index contributed by atoms with van der Waals surface area (Å²) in [6.07, 6.45) is 3.88. The molecule has 0 fully saturated rings. The Balaban J connectivity index is 1.75. The Labute approximate surface area is 177 Å². The van der Waals surface area contributed by atoms with E-state index in [4.69, 9.17) is 4.74 Å². The average Bonchev–Trinajstić information content (AvgIpc) is 3.11. The molecule has 0 atom stereocenters. The third kappa shape index (κ3) is 3.85. The standard InChI is InChI=1S/C26H24N2O2/c1-27(2)22-11-13-23(14-12-22)28-25(20-7-5-4-6-8-20)18-21(26(28)29)17-19-9-15-24(30-3)16-10-19/h4-18H,1-3H3/b21-17+. The predicted octanol–water partition coefficient (Wildman–Crippen LogP) is 5.23. The number of methoxy groups -OCH3 is 1. The number of carbonyl (C=O) groups excluding carboxylic acids is 1. The second-order valence-corrected chi connectivity index (χ2v) is 7.32. The Morgan fingerprint density at radius 1 is 0.867 bits per heavy atom. The lowest BCUT2D eigenvalue weighted by Crippen LogP contribution is -2.25. The molecule has 3 aromatic rings. The van der Waals surface area contributed by atoms with E-state index in [2.05, 4.69) is 0 Å². The number of rotatable bonds is 5. The smallest absolute Gasteiger partial charge is 0.262 e. The summed E-state index contributed by atoms with van der Waals surface area (Å²) in [4.78, 5) is 17.2. The van der Waals surface area contributed by atoms with Crippen molar-refractivity contribution in [2.24, 2.45) is 0 Å². The molecule has 1 amide bonds. The second kappa shape index (κ2) is 8.29. The summed E-state index contributed by atoms with van der Waals surface area (Å²) in [6, 6.07) is 25.7. The van der Waals surface area contributed by atoms with Crippen LogP contribution in [0.15, 0.2) is 90.5 Å². The normalized spacial score (nSPS) is 14.8. The van der Waals surface area contributed by atoms with E-state index in [1.165, 1.54) is 0 Å². The molecule has 3 aromatic carbocycles. The zero-order valence-corrected chi connectivity index (χ0v) is 17.4. The van der Waals surface area contributed by atoms with Gasteiger partial charge in [-0.05, 0) is 59.7 Å². The van der Waals surface area contributed by atoms with Crippen LogP contribution in [0.5, 0.6) is 5.75 Å². The number of amides is 1. The summed E-state index contributed by atoms with van der Waals surface area (Å²) in [5.74, 6) is 0.750. The summed E-state index contributed by atoms with van der Waals surface area (Å²) >= 11 is 0. The van der Waals surface area contributed by atoms with Gasteiger partial charge < -0.3 is 9.64 Å². The molecule has 0 spiro atoms. The van der Waals surface area contributed by atoms with E-state index >= 15 is 0 Å². The van der Waals surface area contributed by atoms with Crippen LogP contribution in [0.4, 0.5) is 11.4 Å². The molecular formula is C26H24N2O2. The first-order valence-electron chi connectivity index (χ1n) is 9.81. The molecule has 0 aromatic heterocycles. The maximum Gasteiger partial charge on any atom is 0.262 e. The van der Waals surface area contributed by atoms with Gasteiger partial charge in [0.05, 0.1) is 12.8 Å². The monoisotopic (exact) mass is 396 g/mol. The quantitative estimate of drug-likeness (QED) is 0.554.